The number of esters is 1. The second-order valence-electron chi connectivity index (χ2n) is 4.02. The highest BCUT2D eigenvalue weighted by Crippen LogP contribution is 2.28. The summed E-state index contributed by atoms with van der Waals surface area (Å²) in [5.74, 6) is 0.398. The van der Waals surface area contributed by atoms with E-state index in [0.29, 0.717) is 12.1 Å². The van der Waals surface area contributed by atoms with Crippen molar-refractivity contribution in [2.45, 2.75) is 10.1 Å². The molecule has 110 valence electrons. The van der Waals surface area contributed by atoms with Gasteiger partial charge in [-0.2, -0.15) is 0 Å². The maximum atomic E-state index is 11.5. The fourth-order valence-electron chi connectivity index (χ4n) is 1.55. The zero-order valence-corrected chi connectivity index (χ0v) is 13.2. The van der Waals surface area contributed by atoms with Crippen molar-refractivity contribution in [2.75, 3.05) is 19.0 Å². The minimum atomic E-state index is -0.325. The molecule has 2 rings (SSSR count). The Bertz CT molecular complexity index is 628. The molecule has 0 bridgehead atoms. The second-order valence-corrected chi connectivity index (χ2v) is 6.22. The fraction of sp³-hybridized carbons (Fsp3) is 0.214. The number of hydrogen-bond acceptors (Lipinski definition) is 7. The summed E-state index contributed by atoms with van der Waals surface area (Å²) in [4.78, 5) is 11.5. The summed E-state index contributed by atoms with van der Waals surface area (Å²) in [6, 6.07) is 7.38. The Kier molecular flexibility index (Phi) is 5.77. The van der Waals surface area contributed by atoms with E-state index in [2.05, 4.69) is 22.1 Å². The number of nitrogens with one attached hydrogen (secondary N) is 1. The number of thioether (sulfide) groups is 1. The number of carbonyl (C=O) groups is 1. The van der Waals surface area contributed by atoms with E-state index < -0.39 is 0 Å². The second kappa shape index (κ2) is 7.80. The largest absolute Gasteiger partial charge is 0.465 e. The Balaban J connectivity index is 1.95. The van der Waals surface area contributed by atoms with Crippen LogP contribution in [0.5, 0.6) is 0 Å². The molecule has 0 aliphatic rings. The SMILES string of the molecule is C=CCNc1nnc(SCc2cccc(C(=O)OC)c2)s1. The zero-order chi connectivity index (χ0) is 15.1. The van der Waals surface area contributed by atoms with E-state index in [4.69, 9.17) is 4.74 Å². The van der Waals surface area contributed by atoms with Crippen LogP contribution >= 0.6 is 23.1 Å². The van der Waals surface area contributed by atoms with Gasteiger partial charge in [0.05, 0.1) is 12.7 Å². The molecule has 7 heteroatoms. The molecule has 0 saturated carbocycles. The van der Waals surface area contributed by atoms with Gasteiger partial charge in [-0.05, 0) is 17.7 Å². The van der Waals surface area contributed by atoms with Gasteiger partial charge in [0.25, 0.3) is 0 Å². The quantitative estimate of drug-likeness (QED) is 0.480. The van der Waals surface area contributed by atoms with Crippen molar-refractivity contribution in [1.29, 1.82) is 0 Å². The van der Waals surface area contributed by atoms with Crippen molar-refractivity contribution in [2.24, 2.45) is 0 Å². The van der Waals surface area contributed by atoms with Crippen LogP contribution in [-0.2, 0) is 10.5 Å². The molecular weight excluding hydrogens is 306 g/mol. The minimum absolute atomic E-state index is 0.325. The molecule has 0 saturated heterocycles. The Hall–Kier alpha value is -1.86. The van der Waals surface area contributed by atoms with Crippen molar-refractivity contribution in [3.63, 3.8) is 0 Å². The maximum Gasteiger partial charge on any atom is 0.337 e. The monoisotopic (exact) mass is 321 g/mol. The van der Waals surface area contributed by atoms with E-state index in [1.54, 1.807) is 23.9 Å². The predicted molar refractivity (Wildman–Crippen MR) is 85.9 cm³/mol. The molecule has 0 atom stereocenters. The van der Waals surface area contributed by atoms with Crippen LogP contribution in [0.2, 0.25) is 0 Å². The number of methoxy groups -OCH3 is 1. The number of carbonyl (C=O) groups excluding carboxylic acids is 1. The van der Waals surface area contributed by atoms with E-state index in [9.17, 15) is 4.79 Å². The van der Waals surface area contributed by atoms with Gasteiger partial charge in [-0.25, -0.2) is 4.79 Å². The highest BCUT2D eigenvalue weighted by molar-refractivity contribution is 8.00. The number of rotatable bonds is 7. The lowest BCUT2D eigenvalue weighted by molar-refractivity contribution is 0.0600. The normalized spacial score (nSPS) is 10.1. The van der Waals surface area contributed by atoms with Crippen molar-refractivity contribution >= 4 is 34.2 Å². The highest BCUT2D eigenvalue weighted by atomic mass is 32.2. The van der Waals surface area contributed by atoms with Gasteiger partial charge in [-0.15, -0.1) is 16.8 Å². The molecule has 0 aliphatic carbocycles. The number of nitrogens with zero attached hydrogens (tertiary/aromatic N) is 2. The topological polar surface area (TPSA) is 64.1 Å². The molecule has 0 fully saturated rings. The lowest BCUT2D eigenvalue weighted by Crippen LogP contribution is -2.01. The number of hydrogen-bond donors (Lipinski definition) is 1. The smallest absolute Gasteiger partial charge is 0.337 e. The molecular formula is C14H15N3O2S2. The fourth-order valence-corrected chi connectivity index (χ4v) is 3.25. The number of ether oxygens (including phenoxy) is 1. The van der Waals surface area contributed by atoms with Crippen LogP contribution in [-0.4, -0.2) is 29.8 Å². The lowest BCUT2D eigenvalue weighted by atomic mass is 10.1. The molecule has 0 spiro atoms. The Morgan fingerprint density at radius 2 is 2.38 bits per heavy atom. The Morgan fingerprint density at radius 1 is 1.52 bits per heavy atom. The third-order valence-electron chi connectivity index (χ3n) is 2.51. The van der Waals surface area contributed by atoms with Crippen molar-refractivity contribution < 1.29 is 9.53 Å². The molecule has 1 N–H and O–H groups in total. The summed E-state index contributed by atoms with van der Waals surface area (Å²) < 4.78 is 5.59. The van der Waals surface area contributed by atoms with Gasteiger partial charge in [0.15, 0.2) is 4.34 Å². The lowest BCUT2D eigenvalue weighted by Gasteiger charge is -2.02. The van der Waals surface area contributed by atoms with Crippen LogP contribution in [0.15, 0.2) is 41.3 Å². The van der Waals surface area contributed by atoms with E-state index >= 15 is 0 Å². The van der Waals surface area contributed by atoms with E-state index in [-0.39, 0.29) is 5.97 Å². The average molecular weight is 321 g/mol. The first-order valence-corrected chi connectivity index (χ1v) is 8.01. The molecule has 21 heavy (non-hydrogen) atoms. The highest BCUT2D eigenvalue weighted by Gasteiger charge is 2.08. The van der Waals surface area contributed by atoms with Gasteiger partial charge >= 0.3 is 5.97 Å². The van der Waals surface area contributed by atoms with Crippen LogP contribution in [0.25, 0.3) is 0 Å². The maximum absolute atomic E-state index is 11.5. The van der Waals surface area contributed by atoms with Crippen molar-refractivity contribution in [1.82, 2.24) is 10.2 Å². The van der Waals surface area contributed by atoms with Crippen LogP contribution in [0, 0.1) is 0 Å². The summed E-state index contributed by atoms with van der Waals surface area (Å²) in [5, 5.41) is 12.0. The molecule has 5 nitrogen and oxygen atoms in total. The molecule has 1 aromatic heterocycles. The summed E-state index contributed by atoms with van der Waals surface area (Å²) in [5.41, 5.74) is 1.60. The van der Waals surface area contributed by atoms with Gasteiger partial charge in [0.1, 0.15) is 0 Å². The standard InChI is InChI=1S/C14H15N3O2S2/c1-3-7-15-13-16-17-14(21-13)20-9-10-5-4-6-11(8-10)12(18)19-2/h3-6,8H,1,7,9H2,2H3,(H,15,16). The summed E-state index contributed by atoms with van der Waals surface area (Å²) in [7, 11) is 1.38. The Labute approximate surface area is 131 Å². The van der Waals surface area contributed by atoms with Gasteiger partial charge < -0.3 is 10.1 Å². The van der Waals surface area contributed by atoms with Crippen LogP contribution in [0.3, 0.4) is 0 Å². The zero-order valence-electron chi connectivity index (χ0n) is 11.5. The molecule has 1 heterocycles. The van der Waals surface area contributed by atoms with Crippen molar-refractivity contribution in [3.8, 4) is 0 Å². The Morgan fingerprint density at radius 3 is 3.14 bits per heavy atom. The average Bonchev–Trinajstić information content (AvgIpc) is 2.98. The third-order valence-corrected chi connectivity index (χ3v) is 4.60. The first kappa shape index (κ1) is 15.5. The van der Waals surface area contributed by atoms with Gasteiger partial charge in [-0.1, -0.05) is 41.3 Å². The van der Waals surface area contributed by atoms with Crippen LogP contribution in [0.1, 0.15) is 15.9 Å². The predicted octanol–water partition coefficient (Wildman–Crippen LogP) is 3.21. The van der Waals surface area contributed by atoms with Crippen molar-refractivity contribution in [3.05, 3.63) is 48.0 Å². The van der Waals surface area contributed by atoms with E-state index in [1.807, 2.05) is 18.2 Å². The third kappa shape index (κ3) is 4.57. The van der Waals surface area contributed by atoms with Crippen LogP contribution in [0.4, 0.5) is 5.13 Å². The first-order valence-electron chi connectivity index (χ1n) is 6.21. The molecule has 0 amide bonds. The number of aromatic nitrogens is 2. The molecule has 0 unspecified atom stereocenters. The number of benzene rings is 1. The first-order chi connectivity index (χ1) is 10.2. The molecule has 1 aromatic carbocycles. The van der Waals surface area contributed by atoms with E-state index in [0.717, 1.165) is 20.8 Å². The molecule has 2 aromatic rings. The summed E-state index contributed by atoms with van der Waals surface area (Å²) in [6.07, 6.45) is 1.77. The van der Waals surface area contributed by atoms with Gasteiger partial charge in [-0.3, -0.25) is 0 Å². The molecule has 0 aliphatic heterocycles. The van der Waals surface area contributed by atoms with Gasteiger partial charge in [0, 0.05) is 12.3 Å². The molecule has 0 radical (unpaired) electrons. The summed E-state index contributed by atoms with van der Waals surface area (Å²) >= 11 is 3.08. The van der Waals surface area contributed by atoms with Crippen LogP contribution < -0.4 is 5.32 Å². The summed E-state index contributed by atoms with van der Waals surface area (Å²) in [6.45, 7) is 4.31. The number of anilines is 1. The van der Waals surface area contributed by atoms with E-state index in [1.165, 1.54) is 18.4 Å². The minimum Gasteiger partial charge on any atom is -0.465 e. The van der Waals surface area contributed by atoms with Gasteiger partial charge in [0.2, 0.25) is 5.13 Å².